The highest BCUT2D eigenvalue weighted by Gasteiger charge is 2.24. The van der Waals surface area contributed by atoms with E-state index >= 15 is 0 Å². The molecule has 3 aromatic rings. The molecule has 0 radical (unpaired) electrons. The minimum atomic E-state index is -0.0576. The van der Waals surface area contributed by atoms with Gasteiger partial charge in [-0.2, -0.15) is 0 Å². The maximum absolute atomic E-state index is 6.04. The molecule has 0 amide bonds. The summed E-state index contributed by atoms with van der Waals surface area (Å²) in [5.74, 6) is 1.01. The van der Waals surface area contributed by atoms with E-state index in [-0.39, 0.29) is 6.10 Å². The molecule has 7 nitrogen and oxygen atoms in total. The Labute approximate surface area is 165 Å². The van der Waals surface area contributed by atoms with Crippen LogP contribution in [0.3, 0.4) is 0 Å². The van der Waals surface area contributed by atoms with Crippen LogP contribution < -0.4 is 4.90 Å². The fourth-order valence-electron chi connectivity index (χ4n) is 3.45. The number of rotatable bonds is 5. The Morgan fingerprint density at radius 2 is 2.00 bits per heavy atom. The molecule has 7 heteroatoms. The maximum Gasteiger partial charge on any atom is 0.132 e. The second kappa shape index (κ2) is 8.41. The minimum Gasteiger partial charge on any atom is -0.369 e. The lowest BCUT2D eigenvalue weighted by molar-refractivity contribution is -0.0349. The summed E-state index contributed by atoms with van der Waals surface area (Å²) in [5, 5.41) is 0. The maximum atomic E-state index is 6.04. The van der Waals surface area contributed by atoms with Crippen molar-refractivity contribution in [3.63, 3.8) is 0 Å². The van der Waals surface area contributed by atoms with Crippen molar-refractivity contribution in [2.75, 3.05) is 38.7 Å². The Morgan fingerprint density at radius 3 is 2.82 bits per heavy atom. The first kappa shape index (κ1) is 18.5. The van der Waals surface area contributed by atoms with Gasteiger partial charge in [0.05, 0.1) is 18.0 Å². The summed E-state index contributed by atoms with van der Waals surface area (Å²) in [7, 11) is 4.05. The van der Waals surface area contributed by atoms with Crippen LogP contribution in [0.5, 0.6) is 0 Å². The van der Waals surface area contributed by atoms with Gasteiger partial charge in [-0.1, -0.05) is 12.1 Å². The van der Waals surface area contributed by atoms with Gasteiger partial charge in [0.1, 0.15) is 18.2 Å². The second-order valence-electron chi connectivity index (χ2n) is 7.05. The van der Waals surface area contributed by atoms with Gasteiger partial charge in [-0.3, -0.25) is 4.90 Å². The average Bonchev–Trinajstić information content (AvgIpc) is 2.75. The molecule has 3 aromatic heterocycles. The van der Waals surface area contributed by atoms with E-state index in [0.29, 0.717) is 6.61 Å². The molecule has 1 atom stereocenters. The van der Waals surface area contributed by atoms with E-state index in [2.05, 4.69) is 30.8 Å². The lowest BCUT2D eigenvalue weighted by Gasteiger charge is -2.33. The summed E-state index contributed by atoms with van der Waals surface area (Å²) >= 11 is 0. The summed E-state index contributed by atoms with van der Waals surface area (Å²) in [6.45, 7) is 3.21. The van der Waals surface area contributed by atoms with Crippen molar-refractivity contribution in [1.82, 2.24) is 24.8 Å². The van der Waals surface area contributed by atoms with Crippen molar-refractivity contribution in [2.24, 2.45) is 0 Å². The third-order valence-electron chi connectivity index (χ3n) is 4.79. The topological polar surface area (TPSA) is 67.3 Å². The van der Waals surface area contributed by atoms with Crippen LogP contribution in [0.15, 0.2) is 55.2 Å². The third kappa shape index (κ3) is 4.16. The van der Waals surface area contributed by atoms with Gasteiger partial charge in [0.25, 0.3) is 0 Å². The van der Waals surface area contributed by atoms with E-state index in [0.717, 1.165) is 42.4 Å². The summed E-state index contributed by atoms with van der Waals surface area (Å²) in [5.41, 5.74) is 3.92. The van der Waals surface area contributed by atoms with Crippen LogP contribution in [-0.4, -0.2) is 58.6 Å². The van der Waals surface area contributed by atoms with Gasteiger partial charge in [0, 0.05) is 63.4 Å². The first-order chi connectivity index (χ1) is 13.7. The lowest BCUT2D eigenvalue weighted by Crippen LogP contribution is -2.38. The van der Waals surface area contributed by atoms with Crippen LogP contribution in [0.25, 0.3) is 11.3 Å². The zero-order valence-corrected chi connectivity index (χ0v) is 16.2. The molecule has 0 saturated carbocycles. The van der Waals surface area contributed by atoms with Gasteiger partial charge in [-0.05, 0) is 18.2 Å². The fourth-order valence-corrected chi connectivity index (χ4v) is 3.45. The van der Waals surface area contributed by atoms with Gasteiger partial charge in [0.15, 0.2) is 0 Å². The fraction of sp³-hybridized carbons (Fsp3) is 0.333. The van der Waals surface area contributed by atoms with E-state index in [9.17, 15) is 0 Å². The normalized spacial score (nSPS) is 17.4. The molecule has 4 heterocycles. The first-order valence-electron chi connectivity index (χ1n) is 9.38. The van der Waals surface area contributed by atoms with Crippen molar-refractivity contribution in [3.8, 4) is 11.3 Å². The van der Waals surface area contributed by atoms with Crippen LogP contribution in [-0.2, 0) is 11.3 Å². The number of ether oxygens (including phenoxy) is 1. The molecule has 0 N–H and O–H groups in total. The number of aromatic nitrogens is 4. The van der Waals surface area contributed by atoms with Crippen molar-refractivity contribution in [3.05, 3.63) is 66.5 Å². The summed E-state index contributed by atoms with van der Waals surface area (Å²) < 4.78 is 6.04. The Kier molecular flexibility index (Phi) is 5.55. The van der Waals surface area contributed by atoms with E-state index in [4.69, 9.17) is 9.72 Å². The molecule has 0 aromatic carbocycles. The largest absolute Gasteiger partial charge is 0.369 e. The number of hydrogen-bond donors (Lipinski definition) is 0. The summed E-state index contributed by atoms with van der Waals surface area (Å²) in [4.78, 5) is 21.9. The molecule has 0 aliphatic carbocycles. The standard InChI is InChI=1S/C21H24N6O/c1-26(2)21-16(5-4-8-24-21)13-27-9-10-28-20(14-27)19-7-3-6-18(25-19)17-11-22-15-23-12-17/h3-8,11-12,15,20H,9-10,13-14H2,1-2H3. The molecule has 0 bridgehead atoms. The molecular formula is C21H24N6O. The summed E-state index contributed by atoms with van der Waals surface area (Å²) in [6, 6.07) is 10.1. The Balaban J connectivity index is 1.50. The zero-order valence-electron chi connectivity index (χ0n) is 16.2. The highest BCUT2D eigenvalue weighted by molar-refractivity contribution is 5.56. The monoisotopic (exact) mass is 376 g/mol. The molecular weight excluding hydrogens is 352 g/mol. The van der Waals surface area contributed by atoms with Gasteiger partial charge < -0.3 is 9.64 Å². The number of anilines is 1. The molecule has 1 saturated heterocycles. The molecule has 144 valence electrons. The molecule has 1 aliphatic rings. The molecule has 1 aliphatic heterocycles. The number of hydrogen-bond acceptors (Lipinski definition) is 7. The number of morpholine rings is 1. The van der Waals surface area contributed by atoms with Gasteiger partial charge in [0.2, 0.25) is 0 Å². The van der Waals surface area contributed by atoms with Gasteiger partial charge >= 0.3 is 0 Å². The Bertz CT molecular complexity index is 918. The Hall–Kier alpha value is -2.90. The predicted octanol–water partition coefficient (Wildman–Crippen LogP) is 2.57. The highest BCUT2D eigenvalue weighted by atomic mass is 16.5. The molecule has 1 unspecified atom stereocenters. The lowest BCUT2D eigenvalue weighted by atomic mass is 10.1. The number of nitrogens with zero attached hydrogens (tertiary/aromatic N) is 6. The van der Waals surface area contributed by atoms with Crippen molar-refractivity contribution in [1.29, 1.82) is 0 Å². The average molecular weight is 376 g/mol. The van der Waals surface area contributed by atoms with E-state index in [1.54, 1.807) is 12.4 Å². The number of pyridine rings is 2. The van der Waals surface area contributed by atoms with Gasteiger partial charge in [-0.15, -0.1) is 0 Å². The van der Waals surface area contributed by atoms with Crippen LogP contribution in [0, 0.1) is 0 Å². The highest BCUT2D eigenvalue weighted by Crippen LogP contribution is 2.25. The Morgan fingerprint density at radius 1 is 1.14 bits per heavy atom. The smallest absolute Gasteiger partial charge is 0.132 e. The van der Waals surface area contributed by atoms with Crippen LogP contribution >= 0.6 is 0 Å². The molecule has 0 spiro atoms. The second-order valence-corrected chi connectivity index (χ2v) is 7.05. The quantitative estimate of drug-likeness (QED) is 0.678. The molecule has 28 heavy (non-hydrogen) atoms. The van der Waals surface area contributed by atoms with Gasteiger partial charge in [-0.25, -0.2) is 19.9 Å². The van der Waals surface area contributed by atoms with Crippen molar-refractivity contribution >= 4 is 5.82 Å². The van der Waals surface area contributed by atoms with Crippen LogP contribution in [0.1, 0.15) is 17.4 Å². The van der Waals surface area contributed by atoms with Crippen molar-refractivity contribution < 1.29 is 4.74 Å². The van der Waals surface area contributed by atoms with E-state index < -0.39 is 0 Å². The zero-order chi connectivity index (χ0) is 19.3. The third-order valence-corrected chi connectivity index (χ3v) is 4.79. The van der Waals surface area contributed by atoms with Crippen LogP contribution in [0.4, 0.5) is 5.82 Å². The first-order valence-corrected chi connectivity index (χ1v) is 9.38. The van der Waals surface area contributed by atoms with E-state index in [1.165, 1.54) is 11.9 Å². The molecule has 1 fully saturated rings. The SMILES string of the molecule is CN(C)c1ncccc1CN1CCOC(c2cccc(-c3cncnc3)n2)C1. The van der Waals surface area contributed by atoms with Crippen LogP contribution in [0.2, 0.25) is 0 Å². The molecule has 4 rings (SSSR count). The van der Waals surface area contributed by atoms with E-state index in [1.807, 2.05) is 44.6 Å². The predicted molar refractivity (Wildman–Crippen MR) is 108 cm³/mol. The minimum absolute atomic E-state index is 0.0576. The van der Waals surface area contributed by atoms with Crippen molar-refractivity contribution in [2.45, 2.75) is 12.6 Å². The summed E-state index contributed by atoms with van der Waals surface area (Å²) in [6.07, 6.45) is 6.86.